The van der Waals surface area contributed by atoms with E-state index in [4.69, 9.17) is 0 Å². The molecule has 1 atom stereocenters. The maximum absolute atomic E-state index is 4.20. The zero-order valence-electron chi connectivity index (χ0n) is 12.5. The van der Waals surface area contributed by atoms with E-state index in [2.05, 4.69) is 69.0 Å². The van der Waals surface area contributed by atoms with Crippen LogP contribution in [-0.2, 0) is 0 Å². The van der Waals surface area contributed by atoms with Gasteiger partial charge >= 0.3 is 0 Å². The average molecular weight is 349 g/mol. The highest BCUT2D eigenvalue weighted by molar-refractivity contribution is 9.10. The van der Waals surface area contributed by atoms with Crippen molar-refractivity contribution in [2.45, 2.75) is 19.4 Å². The Morgan fingerprint density at radius 3 is 2.62 bits per heavy atom. The van der Waals surface area contributed by atoms with Gasteiger partial charge < -0.3 is 14.4 Å². The minimum absolute atomic E-state index is 0.680. The quantitative estimate of drug-likeness (QED) is 0.848. The van der Waals surface area contributed by atoms with Crippen LogP contribution in [0.25, 0.3) is 5.69 Å². The monoisotopic (exact) mass is 348 g/mol. The van der Waals surface area contributed by atoms with Crippen LogP contribution in [0.15, 0.2) is 41.4 Å². The van der Waals surface area contributed by atoms with Gasteiger partial charge in [-0.05, 0) is 60.2 Å². The molecule has 0 amide bonds. The summed E-state index contributed by atoms with van der Waals surface area (Å²) in [7, 11) is 2.22. The molecule has 1 aliphatic rings. The molecule has 1 saturated heterocycles. The highest BCUT2D eigenvalue weighted by Gasteiger charge is 2.24. The molecule has 5 heteroatoms. The van der Waals surface area contributed by atoms with Gasteiger partial charge in [-0.1, -0.05) is 6.92 Å². The van der Waals surface area contributed by atoms with Gasteiger partial charge in [-0.25, -0.2) is 4.98 Å². The lowest BCUT2D eigenvalue weighted by atomic mass is 10.2. The Balaban J connectivity index is 1.70. The first-order valence-electron chi connectivity index (χ1n) is 7.42. The van der Waals surface area contributed by atoms with E-state index in [0.717, 1.165) is 29.9 Å². The Bertz CT molecular complexity index is 593. The Labute approximate surface area is 134 Å². The number of likely N-dealkylation sites (N-methyl/N-ethyl adjacent to an activating group) is 1. The van der Waals surface area contributed by atoms with Crippen LogP contribution in [-0.4, -0.2) is 47.2 Å². The Morgan fingerprint density at radius 1 is 1.29 bits per heavy atom. The molecule has 1 aliphatic heterocycles. The molecule has 4 nitrogen and oxygen atoms in total. The van der Waals surface area contributed by atoms with Crippen molar-refractivity contribution in [3.63, 3.8) is 0 Å². The van der Waals surface area contributed by atoms with E-state index >= 15 is 0 Å². The second kappa shape index (κ2) is 6.20. The van der Waals surface area contributed by atoms with Crippen LogP contribution >= 0.6 is 15.9 Å². The van der Waals surface area contributed by atoms with Crippen molar-refractivity contribution in [1.29, 1.82) is 0 Å². The maximum Gasteiger partial charge on any atom is 0.124 e. The number of rotatable bonds is 4. The van der Waals surface area contributed by atoms with E-state index in [0.29, 0.717) is 6.04 Å². The molecule has 3 rings (SSSR count). The molecule has 1 aromatic heterocycles. The lowest BCUT2D eigenvalue weighted by Crippen LogP contribution is -2.34. The van der Waals surface area contributed by atoms with Crippen molar-refractivity contribution in [1.82, 2.24) is 14.5 Å². The molecule has 0 spiro atoms. The van der Waals surface area contributed by atoms with E-state index < -0.39 is 0 Å². The maximum atomic E-state index is 4.20. The smallest absolute Gasteiger partial charge is 0.124 e. The highest BCUT2D eigenvalue weighted by Crippen LogP contribution is 2.24. The van der Waals surface area contributed by atoms with Crippen LogP contribution in [0.5, 0.6) is 0 Å². The molecule has 1 aromatic carbocycles. The topological polar surface area (TPSA) is 24.3 Å². The van der Waals surface area contributed by atoms with Crippen molar-refractivity contribution in [3.05, 3.63) is 41.4 Å². The van der Waals surface area contributed by atoms with Gasteiger partial charge in [0.15, 0.2) is 0 Å². The van der Waals surface area contributed by atoms with Crippen molar-refractivity contribution in [2.24, 2.45) is 0 Å². The molecule has 2 heterocycles. The molecule has 0 N–H and O–H groups in total. The van der Waals surface area contributed by atoms with Gasteiger partial charge in [0.1, 0.15) is 10.9 Å². The third kappa shape index (κ3) is 3.14. The Hall–Kier alpha value is -1.33. The van der Waals surface area contributed by atoms with Crippen LogP contribution in [0.3, 0.4) is 0 Å². The third-order valence-corrected chi connectivity index (χ3v) is 4.76. The molecular weight excluding hydrogens is 328 g/mol. The van der Waals surface area contributed by atoms with Gasteiger partial charge in [0.25, 0.3) is 0 Å². The Morgan fingerprint density at radius 2 is 2.00 bits per heavy atom. The lowest BCUT2D eigenvalue weighted by Gasteiger charge is -2.24. The number of aromatic nitrogens is 2. The van der Waals surface area contributed by atoms with Crippen LogP contribution in [0.4, 0.5) is 5.69 Å². The summed E-state index contributed by atoms with van der Waals surface area (Å²) in [5.41, 5.74) is 2.45. The molecule has 21 heavy (non-hydrogen) atoms. The SMILES string of the molecule is CCN(C)[C@@H]1CCN(c2ccc(-n3cnc(Br)c3)cc2)C1. The first kappa shape index (κ1) is 14.6. The van der Waals surface area contributed by atoms with E-state index in [-0.39, 0.29) is 0 Å². The number of imidazole rings is 1. The zero-order valence-corrected chi connectivity index (χ0v) is 14.1. The first-order valence-corrected chi connectivity index (χ1v) is 8.22. The van der Waals surface area contributed by atoms with Crippen molar-refractivity contribution < 1.29 is 0 Å². The van der Waals surface area contributed by atoms with Crippen LogP contribution in [0, 0.1) is 0 Å². The Kier molecular flexibility index (Phi) is 4.31. The minimum atomic E-state index is 0.680. The molecule has 1 fully saturated rings. The van der Waals surface area contributed by atoms with E-state index in [9.17, 15) is 0 Å². The zero-order chi connectivity index (χ0) is 14.8. The standard InChI is InChI=1S/C16H21BrN4/c1-3-19(2)15-8-9-20(10-15)13-4-6-14(7-5-13)21-11-16(17)18-12-21/h4-7,11-12,15H,3,8-10H2,1-2H3/t15-/m1/s1. The van der Waals surface area contributed by atoms with Crippen molar-refractivity contribution in [2.75, 3.05) is 31.6 Å². The molecular formula is C16H21BrN4. The number of nitrogens with zero attached hydrogens (tertiary/aromatic N) is 4. The van der Waals surface area contributed by atoms with Gasteiger partial charge in [-0.2, -0.15) is 0 Å². The summed E-state index contributed by atoms with van der Waals surface area (Å²) in [5, 5.41) is 0. The van der Waals surface area contributed by atoms with Gasteiger partial charge in [-0.15, -0.1) is 0 Å². The molecule has 112 valence electrons. The number of hydrogen-bond acceptors (Lipinski definition) is 3. The molecule has 0 aliphatic carbocycles. The average Bonchev–Trinajstić information content (AvgIpc) is 3.16. The molecule has 0 saturated carbocycles. The fourth-order valence-electron chi connectivity index (χ4n) is 2.87. The third-order valence-electron chi connectivity index (χ3n) is 4.35. The van der Waals surface area contributed by atoms with Crippen molar-refractivity contribution in [3.8, 4) is 5.69 Å². The van der Waals surface area contributed by atoms with Gasteiger partial charge in [0.05, 0.1) is 0 Å². The summed E-state index contributed by atoms with van der Waals surface area (Å²) in [6.07, 6.45) is 5.04. The van der Waals surface area contributed by atoms with Gasteiger partial charge in [0, 0.05) is 36.7 Å². The highest BCUT2D eigenvalue weighted by atomic mass is 79.9. The lowest BCUT2D eigenvalue weighted by molar-refractivity contribution is 0.272. The second-order valence-corrected chi connectivity index (χ2v) is 6.39. The second-order valence-electron chi connectivity index (χ2n) is 5.58. The predicted octanol–water partition coefficient (Wildman–Crippen LogP) is 3.17. The number of benzene rings is 1. The van der Waals surface area contributed by atoms with Crippen LogP contribution in [0.1, 0.15) is 13.3 Å². The molecule has 2 aromatic rings. The molecule has 0 bridgehead atoms. The summed E-state index contributed by atoms with van der Waals surface area (Å²) in [6.45, 7) is 5.61. The summed E-state index contributed by atoms with van der Waals surface area (Å²) in [4.78, 5) is 9.11. The molecule has 0 unspecified atom stereocenters. The van der Waals surface area contributed by atoms with E-state index in [1.807, 2.05) is 17.1 Å². The van der Waals surface area contributed by atoms with Gasteiger partial charge in [0.2, 0.25) is 0 Å². The van der Waals surface area contributed by atoms with Gasteiger partial charge in [-0.3, -0.25) is 0 Å². The van der Waals surface area contributed by atoms with E-state index in [1.165, 1.54) is 12.1 Å². The fourth-order valence-corrected chi connectivity index (χ4v) is 3.18. The molecule has 0 radical (unpaired) electrons. The van der Waals surface area contributed by atoms with Crippen LogP contribution < -0.4 is 4.90 Å². The minimum Gasteiger partial charge on any atom is -0.370 e. The van der Waals surface area contributed by atoms with Crippen LogP contribution in [0.2, 0.25) is 0 Å². The number of anilines is 1. The largest absolute Gasteiger partial charge is 0.370 e. The number of halogens is 1. The van der Waals surface area contributed by atoms with E-state index in [1.54, 1.807) is 0 Å². The summed E-state index contributed by atoms with van der Waals surface area (Å²) >= 11 is 3.38. The summed E-state index contributed by atoms with van der Waals surface area (Å²) < 4.78 is 2.88. The van der Waals surface area contributed by atoms with Crippen molar-refractivity contribution >= 4 is 21.6 Å². The summed E-state index contributed by atoms with van der Waals surface area (Å²) in [6, 6.07) is 9.40. The first-order chi connectivity index (χ1) is 10.2. The fraction of sp³-hybridized carbons (Fsp3) is 0.438. The predicted molar refractivity (Wildman–Crippen MR) is 90.2 cm³/mol. The normalized spacial score (nSPS) is 18.7. The number of hydrogen-bond donors (Lipinski definition) is 0. The summed E-state index contributed by atoms with van der Waals surface area (Å²) in [5.74, 6) is 0.